The quantitative estimate of drug-likeness (QED) is 0.723. The molecular weight excluding hydrogens is 314 g/mol. The summed E-state index contributed by atoms with van der Waals surface area (Å²) in [5, 5.41) is 1.76. The van der Waals surface area contributed by atoms with Crippen molar-refractivity contribution < 1.29 is 14.3 Å². The first-order chi connectivity index (χ1) is 11.1. The number of rotatable bonds is 3. The summed E-state index contributed by atoms with van der Waals surface area (Å²) in [5.41, 5.74) is 2.98. The first-order valence-electron chi connectivity index (χ1n) is 6.87. The van der Waals surface area contributed by atoms with E-state index in [1.165, 1.54) is 0 Å². The van der Waals surface area contributed by atoms with Crippen molar-refractivity contribution in [1.29, 1.82) is 0 Å². The molecule has 23 heavy (non-hydrogen) atoms. The van der Waals surface area contributed by atoms with Gasteiger partial charge in [0.25, 0.3) is 0 Å². The predicted molar refractivity (Wildman–Crippen MR) is 87.3 cm³/mol. The number of para-hydroxylation sites is 1. The van der Waals surface area contributed by atoms with Gasteiger partial charge in [-0.05, 0) is 36.8 Å². The zero-order valence-corrected chi connectivity index (χ0v) is 13.2. The lowest BCUT2D eigenvalue weighted by molar-refractivity contribution is -0.191. The standard InChI is InChI=1S/C17H14ClNO.CO2/c1-12-6-9-17(15(18)10-12)20-11-14-8-7-13-4-2-3-5-16(13)19-14;2-1-3/h2-10H,11H2,1H3;. The minimum Gasteiger partial charge on any atom is -0.486 e. The van der Waals surface area contributed by atoms with Crippen molar-refractivity contribution in [2.75, 3.05) is 0 Å². The van der Waals surface area contributed by atoms with E-state index < -0.39 is 0 Å². The largest absolute Gasteiger partial charge is 0.486 e. The van der Waals surface area contributed by atoms with Crippen LogP contribution in [0.25, 0.3) is 10.9 Å². The smallest absolute Gasteiger partial charge is 0.373 e. The van der Waals surface area contributed by atoms with Gasteiger partial charge in [0.15, 0.2) is 0 Å². The van der Waals surface area contributed by atoms with Crippen molar-refractivity contribution in [2.45, 2.75) is 13.5 Å². The number of aromatic nitrogens is 1. The summed E-state index contributed by atoms with van der Waals surface area (Å²) in [6, 6.07) is 17.8. The summed E-state index contributed by atoms with van der Waals surface area (Å²) < 4.78 is 5.73. The summed E-state index contributed by atoms with van der Waals surface area (Å²) in [5.74, 6) is 0.687. The first kappa shape index (κ1) is 16.7. The second-order valence-corrected chi connectivity index (χ2v) is 5.21. The Kier molecular flexibility index (Phi) is 5.87. The maximum atomic E-state index is 8.12. The van der Waals surface area contributed by atoms with E-state index in [9.17, 15) is 0 Å². The molecule has 116 valence electrons. The number of carbonyl (C=O) groups excluding carboxylic acids is 2. The fourth-order valence-electron chi connectivity index (χ4n) is 2.06. The van der Waals surface area contributed by atoms with Crippen molar-refractivity contribution in [1.82, 2.24) is 4.98 Å². The minimum atomic E-state index is 0.250. The molecule has 4 nitrogen and oxygen atoms in total. The van der Waals surface area contributed by atoms with Crippen molar-refractivity contribution >= 4 is 28.7 Å². The molecule has 0 aliphatic heterocycles. The van der Waals surface area contributed by atoms with E-state index in [2.05, 4.69) is 11.1 Å². The van der Waals surface area contributed by atoms with Gasteiger partial charge in [0.2, 0.25) is 0 Å². The molecule has 0 aliphatic carbocycles. The number of ether oxygens (including phenoxy) is 1. The number of halogens is 1. The van der Waals surface area contributed by atoms with Crippen LogP contribution in [-0.2, 0) is 16.2 Å². The van der Waals surface area contributed by atoms with Crippen LogP contribution in [0.1, 0.15) is 11.3 Å². The van der Waals surface area contributed by atoms with E-state index in [0.29, 0.717) is 17.4 Å². The van der Waals surface area contributed by atoms with Gasteiger partial charge in [-0.15, -0.1) is 0 Å². The second-order valence-electron chi connectivity index (χ2n) is 4.80. The van der Waals surface area contributed by atoms with Crippen LogP contribution in [0.3, 0.4) is 0 Å². The van der Waals surface area contributed by atoms with Gasteiger partial charge in [-0.1, -0.05) is 41.9 Å². The lowest BCUT2D eigenvalue weighted by Crippen LogP contribution is -1.99. The Balaban J connectivity index is 0.000000595. The molecule has 0 atom stereocenters. The van der Waals surface area contributed by atoms with Gasteiger partial charge in [-0.3, -0.25) is 0 Å². The molecular formula is C18H14ClNO3. The van der Waals surface area contributed by atoms with Crippen LogP contribution in [-0.4, -0.2) is 11.1 Å². The summed E-state index contributed by atoms with van der Waals surface area (Å²) in [6.07, 6.45) is 0.250. The Morgan fingerprint density at radius 3 is 2.57 bits per heavy atom. The number of hydrogen-bond donors (Lipinski definition) is 0. The number of aryl methyl sites for hydroxylation is 1. The van der Waals surface area contributed by atoms with E-state index in [1.807, 2.05) is 55.5 Å². The third kappa shape index (κ3) is 4.65. The summed E-state index contributed by atoms with van der Waals surface area (Å²) >= 11 is 6.15. The number of nitrogens with zero attached hydrogens (tertiary/aromatic N) is 1. The second kappa shape index (κ2) is 8.08. The lowest BCUT2D eigenvalue weighted by atomic mass is 10.2. The average Bonchev–Trinajstić information content (AvgIpc) is 2.54. The highest BCUT2D eigenvalue weighted by Crippen LogP contribution is 2.26. The maximum Gasteiger partial charge on any atom is 0.373 e. The normalized spacial score (nSPS) is 9.65. The lowest BCUT2D eigenvalue weighted by Gasteiger charge is -2.08. The van der Waals surface area contributed by atoms with Gasteiger partial charge in [0.05, 0.1) is 16.2 Å². The number of pyridine rings is 1. The third-order valence-corrected chi connectivity index (χ3v) is 3.41. The topological polar surface area (TPSA) is 56.3 Å². The van der Waals surface area contributed by atoms with Gasteiger partial charge in [-0.2, -0.15) is 9.59 Å². The Morgan fingerprint density at radius 2 is 1.83 bits per heavy atom. The molecule has 3 aromatic rings. The Labute approximate surface area is 138 Å². The van der Waals surface area contributed by atoms with Crippen LogP contribution in [0.15, 0.2) is 54.6 Å². The zero-order valence-electron chi connectivity index (χ0n) is 12.5. The molecule has 3 rings (SSSR count). The molecule has 0 amide bonds. The molecule has 0 bridgehead atoms. The van der Waals surface area contributed by atoms with Gasteiger partial charge >= 0.3 is 6.15 Å². The molecule has 0 saturated heterocycles. The van der Waals surface area contributed by atoms with Crippen LogP contribution in [0.5, 0.6) is 5.75 Å². The molecule has 0 saturated carbocycles. The number of fused-ring (bicyclic) bond motifs is 1. The van der Waals surface area contributed by atoms with Crippen molar-refractivity contribution in [3.8, 4) is 5.75 Å². The van der Waals surface area contributed by atoms with Crippen molar-refractivity contribution in [3.63, 3.8) is 0 Å². The van der Waals surface area contributed by atoms with Gasteiger partial charge in [0, 0.05) is 5.39 Å². The Hall–Kier alpha value is -2.68. The molecule has 0 aliphatic rings. The fourth-order valence-corrected chi connectivity index (χ4v) is 2.35. The molecule has 0 spiro atoms. The minimum absolute atomic E-state index is 0.250. The van der Waals surface area contributed by atoms with Crippen LogP contribution in [0.2, 0.25) is 5.02 Å². The third-order valence-electron chi connectivity index (χ3n) is 3.12. The molecule has 0 N–H and O–H groups in total. The molecule has 1 aromatic heterocycles. The van der Waals surface area contributed by atoms with Crippen LogP contribution >= 0.6 is 11.6 Å². The summed E-state index contributed by atoms with van der Waals surface area (Å²) in [4.78, 5) is 20.8. The summed E-state index contributed by atoms with van der Waals surface area (Å²) in [6.45, 7) is 2.41. The van der Waals surface area contributed by atoms with Gasteiger partial charge in [-0.25, -0.2) is 4.98 Å². The van der Waals surface area contributed by atoms with Crippen molar-refractivity contribution in [3.05, 3.63) is 70.9 Å². The van der Waals surface area contributed by atoms with Gasteiger partial charge in [0.1, 0.15) is 12.4 Å². The molecule has 2 aromatic carbocycles. The number of benzene rings is 2. The highest BCUT2D eigenvalue weighted by Gasteiger charge is 2.03. The highest BCUT2D eigenvalue weighted by atomic mass is 35.5. The Bertz CT molecular complexity index is 843. The summed E-state index contributed by atoms with van der Waals surface area (Å²) in [7, 11) is 0. The first-order valence-corrected chi connectivity index (χ1v) is 7.24. The molecule has 0 unspecified atom stereocenters. The number of hydrogen-bond acceptors (Lipinski definition) is 4. The van der Waals surface area contributed by atoms with E-state index in [1.54, 1.807) is 0 Å². The van der Waals surface area contributed by atoms with E-state index in [0.717, 1.165) is 22.2 Å². The Morgan fingerprint density at radius 1 is 1.09 bits per heavy atom. The maximum absolute atomic E-state index is 8.12. The monoisotopic (exact) mass is 327 g/mol. The van der Waals surface area contributed by atoms with Crippen LogP contribution in [0, 0.1) is 6.92 Å². The van der Waals surface area contributed by atoms with Crippen molar-refractivity contribution in [2.24, 2.45) is 0 Å². The zero-order chi connectivity index (χ0) is 16.7. The average molecular weight is 328 g/mol. The van der Waals surface area contributed by atoms with E-state index >= 15 is 0 Å². The SMILES string of the molecule is Cc1ccc(OCc2ccc3ccccc3n2)c(Cl)c1.O=C=O. The molecule has 5 heteroatoms. The van der Waals surface area contributed by atoms with Gasteiger partial charge < -0.3 is 4.74 Å². The van der Waals surface area contributed by atoms with Crippen LogP contribution < -0.4 is 4.74 Å². The predicted octanol–water partition coefficient (Wildman–Crippen LogP) is 4.19. The van der Waals surface area contributed by atoms with Crippen LogP contribution in [0.4, 0.5) is 0 Å². The highest BCUT2D eigenvalue weighted by molar-refractivity contribution is 6.32. The fraction of sp³-hybridized carbons (Fsp3) is 0.111. The van der Waals surface area contributed by atoms with E-state index in [-0.39, 0.29) is 6.15 Å². The van der Waals surface area contributed by atoms with E-state index in [4.69, 9.17) is 25.9 Å². The molecule has 0 fully saturated rings. The molecule has 1 heterocycles. The molecule has 0 radical (unpaired) electrons.